The number of carboxylic acid groups (broad SMARTS) is 1. The summed E-state index contributed by atoms with van der Waals surface area (Å²) < 4.78 is 0. The summed E-state index contributed by atoms with van der Waals surface area (Å²) in [6.45, 7) is 1.71. The van der Waals surface area contributed by atoms with Crippen molar-refractivity contribution in [2.45, 2.75) is 32.6 Å². The van der Waals surface area contributed by atoms with Crippen LogP contribution in [-0.2, 0) is 9.59 Å². The number of anilines is 1. The van der Waals surface area contributed by atoms with Crippen molar-refractivity contribution in [2.75, 3.05) is 5.32 Å². The number of nitrogens with one attached hydrogen (secondary N) is 1. The molecule has 0 saturated carbocycles. The predicted octanol–water partition coefficient (Wildman–Crippen LogP) is 3.26. The maximum atomic E-state index is 11.9. The van der Waals surface area contributed by atoms with Crippen molar-refractivity contribution in [2.24, 2.45) is 0 Å². The summed E-state index contributed by atoms with van der Waals surface area (Å²) in [6.07, 6.45) is 5.52. The Balaban J connectivity index is 2.42. The van der Waals surface area contributed by atoms with Crippen molar-refractivity contribution < 1.29 is 14.7 Å². The van der Waals surface area contributed by atoms with E-state index in [0.717, 1.165) is 6.42 Å². The molecular weight excluding hydrogens is 280 g/mol. The normalized spacial score (nSPS) is 11.2. The highest BCUT2D eigenvalue weighted by Gasteiger charge is 2.07. The predicted molar refractivity (Wildman–Crippen MR) is 77.7 cm³/mol. The van der Waals surface area contributed by atoms with Crippen LogP contribution in [0.5, 0.6) is 0 Å². The van der Waals surface area contributed by atoms with Crippen molar-refractivity contribution in [1.82, 2.24) is 4.98 Å². The number of pyridine rings is 1. The highest BCUT2D eigenvalue weighted by Crippen LogP contribution is 2.18. The lowest BCUT2D eigenvalue weighted by Crippen LogP contribution is -2.13. The van der Waals surface area contributed by atoms with Gasteiger partial charge in [-0.15, -0.1) is 0 Å². The molecular formula is C14H17ClN2O3. The summed E-state index contributed by atoms with van der Waals surface area (Å²) in [5.41, 5.74) is 1.04. The third-order valence-corrected chi connectivity index (χ3v) is 2.96. The van der Waals surface area contributed by atoms with Crippen LogP contribution in [0.15, 0.2) is 30.0 Å². The number of unbranched alkanes of at least 4 members (excludes halogenated alkanes) is 2. The molecule has 0 unspecified atom stereocenters. The number of halogens is 1. The molecule has 20 heavy (non-hydrogen) atoms. The number of carbonyl (C=O) groups excluding carboxylic acids is 1. The molecule has 0 aliphatic rings. The number of aromatic nitrogens is 1. The second-order valence-electron chi connectivity index (χ2n) is 4.32. The van der Waals surface area contributed by atoms with Gasteiger partial charge in [-0.3, -0.25) is 9.59 Å². The van der Waals surface area contributed by atoms with E-state index in [9.17, 15) is 9.59 Å². The highest BCUT2D eigenvalue weighted by atomic mass is 35.5. The topological polar surface area (TPSA) is 79.3 Å². The third kappa shape index (κ3) is 5.84. The maximum Gasteiger partial charge on any atom is 0.303 e. The monoisotopic (exact) mass is 296 g/mol. The minimum absolute atomic E-state index is 0.157. The van der Waals surface area contributed by atoms with Gasteiger partial charge in [-0.2, -0.15) is 0 Å². The zero-order valence-corrected chi connectivity index (χ0v) is 12.0. The van der Waals surface area contributed by atoms with E-state index in [1.54, 1.807) is 31.3 Å². The molecule has 1 aromatic rings. The van der Waals surface area contributed by atoms with E-state index in [1.807, 2.05) is 0 Å². The molecule has 2 N–H and O–H groups in total. The molecule has 0 aromatic carbocycles. The van der Waals surface area contributed by atoms with E-state index in [4.69, 9.17) is 16.7 Å². The summed E-state index contributed by atoms with van der Waals surface area (Å²) in [4.78, 5) is 26.1. The largest absolute Gasteiger partial charge is 0.481 e. The Morgan fingerprint density at radius 2 is 2.20 bits per heavy atom. The molecule has 5 nitrogen and oxygen atoms in total. The first kappa shape index (κ1) is 16.2. The third-order valence-electron chi connectivity index (χ3n) is 2.66. The lowest BCUT2D eigenvalue weighted by molar-refractivity contribution is -0.137. The van der Waals surface area contributed by atoms with Crippen molar-refractivity contribution >= 4 is 29.2 Å². The molecule has 1 rings (SSSR count). The molecule has 108 valence electrons. The average molecular weight is 297 g/mol. The fraction of sp³-hybridized carbons (Fsp3) is 0.357. The van der Waals surface area contributed by atoms with Crippen LogP contribution in [0.4, 0.5) is 5.69 Å². The molecule has 1 heterocycles. The molecule has 0 aliphatic heterocycles. The Morgan fingerprint density at radius 1 is 1.45 bits per heavy atom. The maximum absolute atomic E-state index is 11.9. The summed E-state index contributed by atoms with van der Waals surface area (Å²) >= 11 is 5.85. The van der Waals surface area contributed by atoms with Gasteiger partial charge in [-0.05, 0) is 38.3 Å². The second-order valence-corrected chi connectivity index (χ2v) is 4.68. The number of allylic oxidation sites excluding steroid dienone is 1. The lowest BCUT2D eigenvalue weighted by Gasteiger charge is -2.06. The molecule has 1 amide bonds. The van der Waals surface area contributed by atoms with Crippen LogP contribution < -0.4 is 5.32 Å². The molecule has 6 heteroatoms. The molecule has 0 radical (unpaired) electrons. The van der Waals surface area contributed by atoms with Gasteiger partial charge in [0.2, 0.25) is 0 Å². The van der Waals surface area contributed by atoms with E-state index < -0.39 is 5.97 Å². The van der Waals surface area contributed by atoms with Crippen LogP contribution in [0.25, 0.3) is 0 Å². The number of hydrogen-bond acceptors (Lipinski definition) is 3. The number of rotatable bonds is 7. The standard InChI is InChI=1S/C14H17ClN2O3/c1-10(6-3-2-4-8-12(18)19)14(20)17-11-7-5-9-16-13(11)15/h5-7,9H,2-4,8H2,1H3,(H,17,20)(H,18,19). The van der Waals surface area contributed by atoms with Gasteiger partial charge < -0.3 is 10.4 Å². The van der Waals surface area contributed by atoms with Crippen LogP contribution in [-0.4, -0.2) is 22.0 Å². The average Bonchev–Trinajstić information content (AvgIpc) is 2.40. The molecule has 0 saturated heterocycles. The fourth-order valence-electron chi connectivity index (χ4n) is 1.53. The van der Waals surface area contributed by atoms with Crippen LogP contribution in [0.1, 0.15) is 32.6 Å². The van der Waals surface area contributed by atoms with Gasteiger partial charge in [0.15, 0.2) is 5.15 Å². The Morgan fingerprint density at radius 3 is 2.85 bits per heavy atom. The highest BCUT2D eigenvalue weighted by molar-refractivity contribution is 6.32. The number of amides is 1. The van der Waals surface area contributed by atoms with Crippen LogP contribution in [0, 0.1) is 0 Å². The van der Waals surface area contributed by atoms with Gasteiger partial charge in [-0.1, -0.05) is 17.7 Å². The molecule has 1 aromatic heterocycles. The van der Waals surface area contributed by atoms with Crippen molar-refractivity contribution in [3.05, 3.63) is 35.1 Å². The van der Waals surface area contributed by atoms with E-state index in [0.29, 0.717) is 24.1 Å². The molecule has 0 bridgehead atoms. The second kappa shape index (κ2) is 8.32. The summed E-state index contributed by atoms with van der Waals surface area (Å²) in [7, 11) is 0. The SMILES string of the molecule is CC(=CCCCCC(=O)O)C(=O)Nc1cccnc1Cl. The minimum atomic E-state index is -0.797. The van der Waals surface area contributed by atoms with E-state index >= 15 is 0 Å². The summed E-state index contributed by atoms with van der Waals surface area (Å²) in [5.74, 6) is -1.03. The van der Waals surface area contributed by atoms with Gasteiger partial charge in [0, 0.05) is 18.2 Å². The Bertz CT molecular complexity index is 515. The summed E-state index contributed by atoms with van der Waals surface area (Å²) in [5, 5.41) is 11.4. The quantitative estimate of drug-likeness (QED) is 0.460. The number of nitrogens with zero attached hydrogens (tertiary/aromatic N) is 1. The van der Waals surface area contributed by atoms with E-state index in [-0.39, 0.29) is 17.5 Å². The van der Waals surface area contributed by atoms with Crippen LogP contribution in [0.3, 0.4) is 0 Å². The molecule has 0 spiro atoms. The van der Waals surface area contributed by atoms with Gasteiger partial charge >= 0.3 is 5.97 Å². The van der Waals surface area contributed by atoms with Gasteiger partial charge in [0.25, 0.3) is 5.91 Å². The number of carbonyl (C=O) groups is 2. The Hall–Kier alpha value is -1.88. The first-order chi connectivity index (χ1) is 9.50. The molecule has 0 atom stereocenters. The van der Waals surface area contributed by atoms with E-state index in [2.05, 4.69) is 10.3 Å². The van der Waals surface area contributed by atoms with Gasteiger partial charge in [0.1, 0.15) is 0 Å². The Kier molecular flexibility index (Phi) is 6.73. The molecule has 0 aliphatic carbocycles. The number of hydrogen-bond donors (Lipinski definition) is 2. The number of aliphatic carboxylic acids is 1. The van der Waals surface area contributed by atoms with Crippen molar-refractivity contribution in [3.8, 4) is 0 Å². The Labute approximate surface area is 122 Å². The summed E-state index contributed by atoms with van der Waals surface area (Å²) in [6, 6.07) is 3.36. The van der Waals surface area contributed by atoms with Gasteiger partial charge in [-0.25, -0.2) is 4.98 Å². The van der Waals surface area contributed by atoms with Crippen molar-refractivity contribution in [3.63, 3.8) is 0 Å². The van der Waals surface area contributed by atoms with E-state index in [1.165, 1.54) is 0 Å². The van der Waals surface area contributed by atoms with Crippen molar-refractivity contribution in [1.29, 1.82) is 0 Å². The zero-order chi connectivity index (χ0) is 15.0. The number of carboxylic acids is 1. The lowest BCUT2D eigenvalue weighted by atomic mass is 10.1. The van der Waals surface area contributed by atoms with Crippen LogP contribution in [0.2, 0.25) is 5.15 Å². The minimum Gasteiger partial charge on any atom is -0.481 e. The molecule has 0 fully saturated rings. The smallest absolute Gasteiger partial charge is 0.303 e. The zero-order valence-electron chi connectivity index (χ0n) is 11.2. The van der Waals surface area contributed by atoms with Gasteiger partial charge in [0.05, 0.1) is 5.69 Å². The van der Waals surface area contributed by atoms with Crippen LogP contribution >= 0.6 is 11.6 Å². The first-order valence-electron chi connectivity index (χ1n) is 6.31. The first-order valence-corrected chi connectivity index (χ1v) is 6.69. The fourth-order valence-corrected chi connectivity index (χ4v) is 1.70.